The van der Waals surface area contributed by atoms with Crippen molar-refractivity contribution < 1.29 is 19.4 Å². The second-order valence-electron chi connectivity index (χ2n) is 4.59. The van der Waals surface area contributed by atoms with Gasteiger partial charge in [-0.2, -0.15) is 0 Å². The molecule has 3 atom stereocenters. The molecule has 98 valence electrons. The highest BCUT2D eigenvalue weighted by Gasteiger charge is 2.48. The smallest absolute Gasteiger partial charge is 0.307 e. The summed E-state index contributed by atoms with van der Waals surface area (Å²) >= 11 is 0. The van der Waals surface area contributed by atoms with E-state index in [-0.39, 0.29) is 17.9 Å². The zero-order valence-corrected chi connectivity index (χ0v) is 10.4. The molecule has 1 rings (SSSR count). The molecule has 2 N–H and O–H groups in total. The molecule has 0 aromatic rings. The molecule has 1 aliphatic rings. The second kappa shape index (κ2) is 6.59. The lowest BCUT2D eigenvalue weighted by atomic mass is 10.1. The molecule has 1 saturated carbocycles. The first-order valence-electron chi connectivity index (χ1n) is 6.12. The average Bonchev–Trinajstić information content (AvgIpc) is 3.06. The van der Waals surface area contributed by atoms with Crippen LogP contribution in [0.2, 0.25) is 0 Å². The summed E-state index contributed by atoms with van der Waals surface area (Å²) in [5.74, 6) is -1.84. The van der Waals surface area contributed by atoms with Gasteiger partial charge in [0, 0.05) is 7.11 Å². The van der Waals surface area contributed by atoms with Gasteiger partial charge in [-0.3, -0.25) is 9.59 Å². The van der Waals surface area contributed by atoms with E-state index in [0.717, 1.165) is 19.3 Å². The van der Waals surface area contributed by atoms with E-state index in [0.29, 0.717) is 13.0 Å². The number of hydrogen-bond donors (Lipinski definition) is 2. The summed E-state index contributed by atoms with van der Waals surface area (Å²) in [6, 6.07) is 0.00231. The summed E-state index contributed by atoms with van der Waals surface area (Å²) in [6.45, 7) is 2.57. The van der Waals surface area contributed by atoms with Crippen molar-refractivity contribution in [2.75, 3.05) is 13.7 Å². The van der Waals surface area contributed by atoms with Gasteiger partial charge in [0.15, 0.2) is 0 Å². The molecule has 5 nitrogen and oxygen atoms in total. The highest BCUT2D eigenvalue weighted by atomic mass is 16.5. The minimum Gasteiger partial charge on any atom is -0.481 e. The molecule has 0 saturated heterocycles. The quantitative estimate of drug-likeness (QED) is 0.667. The number of nitrogens with one attached hydrogen (secondary N) is 1. The zero-order chi connectivity index (χ0) is 12.8. The highest BCUT2D eigenvalue weighted by molar-refractivity contribution is 5.89. The van der Waals surface area contributed by atoms with Gasteiger partial charge in [0.1, 0.15) is 0 Å². The molecule has 1 fully saturated rings. The van der Waals surface area contributed by atoms with E-state index in [9.17, 15) is 9.59 Å². The van der Waals surface area contributed by atoms with Crippen molar-refractivity contribution in [1.29, 1.82) is 0 Å². The van der Waals surface area contributed by atoms with Crippen LogP contribution in [0.1, 0.15) is 32.6 Å². The number of amides is 1. The van der Waals surface area contributed by atoms with Gasteiger partial charge in [0.05, 0.1) is 24.5 Å². The van der Waals surface area contributed by atoms with Crippen molar-refractivity contribution in [3.8, 4) is 0 Å². The number of aliphatic carboxylic acids is 1. The predicted octanol–water partition coefficient (Wildman–Crippen LogP) is 1.03. The molecule has 17 heavy (non-hydrogen) atoms. The summed E-state index contributed by atoms with van der Waals surface area (Å²) in [5.41, 5.74) is 0. The van der Waals surface area contributed by atoms with Crippen molar-refractivity contribution in [2.24, 2.45) is 11.8 Å². The Hall–Kier alpha value is -1.10. The Morgan fingerprint density at radius 1 is 1.47 bits per heavy atom. The van der Waals surface area contributed by atoms with E-state index in [1.54, 1.807) is 7.11 Å². The number of ether oxygens (including phenoxy) is 1. The van der Waals surface area contributed by atoms with Gasteiger partial charge in [-0.25, -0.2) is 0 Å². The minimum absolute atomic E-state index is 0.00231. The standard InChI is InChI=1S/C12H21NO4/c1-3-4-5-8(7-17-2)13-11(14)9-6-10(9)12(15)16/h8-10H,3-7H2,1-2H3,(H,13,14)(H,15,16). The van der Waals surface area contributed by atoms with E-state index in [1.165, 1.54) is 0 Å². The van der Waals surface area contributed by atoms with Gasteiger partial charge >= 0.3 is 5.97 Å². The number of hydrogen-bond acceptors (Lipinski definition) is 3. The van der Waals surface area contributed by atoms with Crippen LogP contribution >= 0.6 is 0 Å². The average molecular weight is 243 g/mol. The molecule has 1 aliphatic carbocycles. The van der Waals surface area contributed by atoms with E-state index in [4.69, 9.17) is 9.84 Å². The fraction of sp³-hybridized carbons (Fsp3) is 0.833. The summed E-state index contributed by atoms with van der Waals surface area (Å²) in [6.07, 6.45) is 3.44. The molecule has 0 bridgehead atoms. The first kappa shape index (κ1) is 14.0. The Morgan fingerprint density at radius 2 is 2.18 bits per heavy atom. The predicted molar refractivity (Wildman–Crippen MR) is 62.6 cm³/mol. The van der Waals surface area contributed by atoms with Crippen molar-refractivity contribution in [3.63, 3.8) is 0 Å². The fourth-order valence-electron chi connectivity index (χ4n) is 1.91. The van der Waals surface area contributed by atoms with Gasteiger partial charge in [0.2, 0.25) is 5.91 Å². The maximum absolute atomic E-state index is 11.7. The van der Waals surface area contributed by atoms with Crippen LogP contribution in [0.15, 0.2) is 0 Å². The van der Waals surface area contributed by atoms with Crippen molar-refractivity contribution in [3.05, 3.63) is 0 Å². The summed E-state index contributed by atoms with van der Waals surface area (Å²) in [4.78, 5) is 22.4. The van der Waals surface area contributed by atoms with Crippen LogP contribution in [0.4, 0.5) is 0 Å². The lowest BCUT2D eigenvalue weighted by Gasteiger charge is -2.17. The van der Waals surface area contributed by atoms with Gasteiger partial charge in [-0.15, -0.1) is 0 Å². The van der Waals surface area contributed by atoms with Crippen molar-refractivity contribution in [2.45, 2.75) is 38.6 Å². The molecule has 0 radical (unpaired) electrons. The van der Waals surface area contributed by atoms with Crippen LogP contribution in [-0.2, 0) is 14.3 Å². The van der Waals surface area contributed by atoms with Crippen LogP contribution in [-0.4, -0.2) is 36.7 Å². The molecule has 0 heterocycles. The van der Waals surface area contributed by atoms with E-state index < -0.39 is 11.9 Å². The molecule has 0 aromatic carbocycles. The highest BCUT2D eigenvalue weighted by Crippen LogP contribution is 2.38. The molecule has 0 spiro atoms. The molecule has 1 amide bonds. The molecular weight excluding hydrogens is 222 g/mol. The van der Waals surface area contributed by atoms with Gasteiger partial charge in [0.25, 0.3) is 0 Å². The molecule has 0 aliphatic heterocycles. The van der Waals surface area contributed by atoms with Gasteiger partial charge in [-0.1, -0.05) is 19.8 Å². The molecule has 0 aromatic heterocycles. The minimum atomic E-state index is -0.873. The van der Waals surface area contributed by atoms with Crippen LogP contribution in [0.25, 0.3) is 0 Å². The fourth-order valence-corrected chi connectivity index (χ4v) is 1.91. The lowest BCUT2D eigenvalue weighted by Crippen LogP contribution is -2.39. The third kappa shape index (κ3) is 4.34. The van der Waals surface area contributed by atoms with Crippen LogP contribution in [0.5, 0.6) is 0 Å². The first-order valence-corrected chi connectivity index (χ1v) is 6.12. The second-order valence-corrected chi connectivity index (χ2v) is 4.59. The Labute approximate surface area is 102 Å². The van der Waals surface area contributed by atoms with E-state index >= 15 is 0 Å². The summed E-state index contributed by atoms with van der Waals surface area (Å²) in [7, 11) is 1.60. The molecule has 3 unspecified atom stereocenters. The lowest BCUT2D eigenvalue weighted by molar-refractivity contribution is -0.140. The SMILES string of the molecule is CCCCC(COC)NC(=O)C1CC1C(=O)O. The number of carboxylic acid groups (broad SMARTS) is 1. The first-order chi connectivity index (χ1) is 8.10. The number of carbonyl (C=O) groups excluding carboxylic acids is 1. The largest absolute Gasteiger partial charge is 0.481 e. The number of carboxylic acids is 1. The van der Waals surface area contributed by atoms with Crippen LogP contribution < -0.4 is 5.32 Å². The summed E-state index contributed by atoms with van der Waals surface area (Å²) in [5, 5.41) is 11.6. The molecule has 5 heteroatoms. The van der Waals surface area contributed by atoms with Crippen LogP contribution in [0.3, 0.4) is 0 Å². The topological polar surface area (TPSA) is 75.6 Å². The maximum atomic E-state index is 11.7. The normalized spacial score (nSPS) is 24.1. The van der Waals surface area contributed by atoms with E-state index in [1.807, 2.05) is 0 Å². The van der Waals surface area contributed by atoms with Crippen LogP contribution in [0, 0.1) is 11.8 Å². The number of methoxy groups -OCH3 is 1. The number of carbonyl (C=O) groups is 2. The monoisotopic (exact) mass is 243 g/mol. The molecular formula is C12H21NO4. The Balaban J connectivity index is 2.34. The van der Waals surface area contributed by atoms with Gasteiger partial charge in [-0.05, 0) is 12.8 Å². The van der Waals surface area contributed by atoms with Gasteiger partial charge < -0.3 is 15.2 Å². The van der Waals surface area contributed by atoms with Crippen molar-refractivity contribution >= 4 is 11.9 Å². The number of rotatable bonds is 8. The number of unbranched alkanes of at least 4 members (excludes halogenated alkanes) is 1. The summed E-state index contributed by atoms with van der Waals surface area (Å²) < 4.78 is 5.05. The maximum Gasteiger partial charge on any atom is 0.307 e. The zero-order valence-electron chi connectivity index (χ0n) is 10.4. The third-order valence-electron chi connectivity index (χ3n) is 3.06. The Morgan fingerprint density at radius 3 is 2.65 bits per heavy atom. The Bertz CT molecular complexity index is 280. The van der Waals surface area contributed by atoms with Crippen molar-refractivity contribution in [1.82, 2.24) is 5.32 Å². The third-order valence-corrected chi connectivity index (χ3v) is 3.06. The Kier molecular flexibility index (Phi) is 5.41. The van der Waals surface area contributed by atoms with E-state index in [2.05, 4.69) is 12.2 Å².